The van der Waals surface area contributed by atoms with E-state index in [-0.39, 0.29) is 25.1 Å². The number of carbonyl (C=O) groups excluding carboxylic acids is 1. The van der Waals surface area contributed by atoms with Crippen LogP contribution < -0.4 is 10.1 Å². The molecule has 4 fully saturated rings. The number of hydrogen-bond donors (Lipinski definition) is 3. The number of para-hydroxylation sites is 2. The summed E-state index contributed by atoms with van der Waals surface area (Å²) in [7, 11) is 3.70. The van der Waals surface area contributed by atoms with Crippen molar-refractivity contribution in [1.29, 1.82) is 0 Å². The molecule has 2 aromatic carbocycles. The van der Waals surface area contributed by atoms with Crippen LogP contribution in [0.1, 0.15) is 46.1 Å². The molecule has 2 heterocycles. The van der Waals surface area contributed by atoms with E-state index in [1.807, 2.05) is 31.3 Å². The molecule has 0 unspecified atom stereocenters. The van der Waals surface area contributed by atoms with Gasteiger partial charge < -0.3 is 24.8 Å². The number of ether oxygens (including phenoxy) is 1. The van der Waals surface area contributed by atoms with E-state index in [0.29, 0.717) is 28.9 Å². The monoisotopic (exact) mass is 575 g/mol. The number of nitrogens with one attached hydrogen (secondary N) is 1. The van der Waals surface area contributed by atoms with E-state index < -0.39 is 24.2 Å². The zero-order valence-corrected chi connectivity index (χ0v) is 25.6. The zero-order valence-electron chi connectivity index (χ0n) is 25.6. The van der Waals surface area contributed by atoms with E-state index in [9.17, 15) is 15.0 Å². The summed E-state index contributed by atoms with van der Waals surface area (Å²) in [6.07, 6.45) is 2.71. The van der Waals surface area contributed by atoms with Crippen molar-refractivity contribution >= 4 is 16.8 Å². The number of fused-ring (bicyclic) bond motifs is 3. The fraction of sp³-hybridized carbons (Fsp3) is 0.559. The minimum absolute atomic E-state index is 0.0857. The molecule has 0 radical (unpaired) electrons. The van der Waals surface area contributed by atoms with E-state index in [1.165, 1.54) is 6.42 Å². The summed E-state index contributed by atoms with van der Waals surface area (Å²) in [6, 6.07) is 13.7. The first-order valence-electron chi connectivity index (χ1n) is 15.3. The highest BCUT2D eigenvalue weighted by Crippen LogP contribution is 2.61. The van der Waals surface area contributed by atoms with Crippen LogP contribution in [-0.4, -0.2) is 63.8 Å². The molecule has 1 amide bonds. The van der Waals surface area contributed by atoms with Gasteiger partial charge in [-0.3, -0.25) is 9.63 Å². The lowest BCUT2D eigenvalue weighted by molar-refractivity contribution is -0.183. The van der Waals surface area contributed by atoms with E-state index >= 15 is 0 Å². The van der Waals surface area contributed by atoms with Crippen LogP contribution in [0.2, 0.25) is 0 Å². The molecule has 0 spiro atoms. The van der Waals surface area contributed by atoms with Crippen LogP contribution >= 0.6 is 0 Å². The Morgan fingerprint density at radius 3 is 2.57 bits per heavy atom. The lowest BCUT2D eigenvalue weighted by Crippen LogP contribution is -2.62. The molecule has 3 aromatic rings. The number of aliphatic hydroxyl groups excluding tert-OH is 2. The summed E-state index contributed by atoms with van der Waals surface area (Å²) < 4.78 is 8.12. The summed E-state index contributed by atoms with van der Waals surface area (Å²) in [6.45, 7) is 8.59. The third-order valence-electron chi connectivity index (χ3n) is 10.9. The summed E-state index contributed by atoms with van der Waals surface area (Å²) in [5.41, 5.74) is 4.29. The zero-order chi connectivity index (χ0) is 29.9. The van der Waals surface area contributed by atoms with Crippen LogP contribution in [0.4, 0.5) is 0 Å². The van der Waals surface area contributed by atoms with Crippen LogP contribution in [0.5, 0.6) is 5.75 Å². The Morgan fingerprint density at radius 1 is 1.17 bits per heavy atom. The summed E-state index contributed by atoms with van der Waals surface area (Å²) in [5, 5.41) is 27.2. The molecule has 1 saturated heterocycles. The van der Waals surface area contributed by atoms with Crippen molar-refractivity contribution in [3.05, 3.63) is 54.2 Å². The van der Waals surface area contributed by atoms with Crippen molar-refractivity contribution in [3.63, 3.8) is 0 Å². The summed E-state index contributed by atoms with van der Waals surface area (Å²) in [4.78, 5) is 20.3. The molecule has 1 aromatic heterocycles. The van der Waals surface area contributed by atoms with Crippen molar-refractivity contribution in [3.8, 4) is 16.9 Å². The predicted octanol–water partition coefficient (Wildman–Crippen LogP) is 4.51. The Labute approximate surface area is 248 Å². The van der Waals surface area contributed by atoms with Gasteiger partial charge in [0.15, 0.2) is 0 Å². The van der Waals surface area contributed by atoms with Crippen molar-refractivity contribution < 1.29 is 24.6 Å². The maximum atomic E-state index is 14.1. The number of nitrogens with zero attached hydrogens (tertiary/aromatic N) is 2. The van der Waals surface area contributed by atoms with Gasteiger partial charge >= 0.3 is 0 Å². The highest BCUT2D eigenvalue weighted by atomic mass is 16.7. The molecular formula is C34H45N3O5. The molecular weight excluding hydrogens is 530 g/mol. The Morgan fingerprint density at radius 2 is 1.90 bits per heavy atom. The minimum Gasteiger partial charge on any atom is -0.496 e. The highest BCUT2D eigenvalue weighted by molar-refractivity contribution is 5.96. The van der Waals surface area contributed by atoms with Gasteiger partial charge in [-0.25, -0.2) is 0 Å². The lowest BCUT2D eigenvalue weighted by Gasteiger charge is -2.62. The van der Waals surface area contributed by atoms with Crippen molar-refractivity contribution in [2.45, 2.75) is 71.4 Å². The van der Waals surface area contributed by atoms with Gasteiger partial charge in [0.1, 0.15) is 17.9 Å². The Balaban J connectivity index is 1.31. The van der Waals surface area contributed by atoms with Crippen LogP contribution in [0.15, 0.2) is 48.7 Å². The lowest BCUT2D eigenvalue weighted by atomic mass is 9.45. The molecule has 4 aliphatic rings. The molecule has 2 bridgehead atoms. The first-order valence-corrected chi connectivity index (χ1v) is 15.3. The topological polar surface area (TPSA) is 96.2 Å². The van der Waals surface area contributed by atoms with Crippen LogP contribution in [0.3, 0.4) is 0 Å². The Hall–Kier alpha value is -2.91. The number of benzene rings is 2. The highest BCUT2D eigenvalue weighted by Gasteiger charge is 2.57. The predicted molar refractivity (Wildman–Crippen MR) is 162 cm³/mol. The van der Waals surface area contributed by atoms with Crippen molar-refractivity contribution in [1.82, 2.24) is 14.9 Å². The smallest absolute Gasteiger partial charge is 0.240 e. The fourth-order valence-corrected chi connectivity index (χ4v) is 8.39. The second-order valence-corrected chi connectivity index (χ2v) is 13.4. The van der Waals surface area contributed by atoms with E-state index in [0.717, 1.165) is 34.0 Å². The van der Waals surface area contributed by atoms with Gasteiger partial charge in [0.2, 0.25) is 5.91 Å². The number of hydrogen-bond acceptors (Lipinski definition) is 6. The minimum atomic E-state index is -0.845. The molecule has 8 nitrogen and oxygen atoms in total. The van der Waals surface area contributed by atoms with Crippen molar-refractivity contribution in [2.24, 2.45) is 36.1 Å². The number of aryl methyl sites for hydroxylation is 1. The van der Waals surface area contributed by atoms with E-state index in [2.05, 4.69) is 55.1 Å². The molecule has 1 aliphatic heterocycles. The third kappa shape index (κ3) is 4.64. The van der Waals surface area contributed by atoms with Gasteiger partial charge in [0.05, 0.1) is 31.9 Å². The number of rotatable bonds is 8. The average molecular weight is 576 g/mol. The summed E-state index contributed by atoms with van der Waals surface area (Å²) >= 11 is 0. The molecule has 7 rings (SSSR count). The first-order chi connectivity index (χ1) is 20.1. The van der Waals surface area contributed by atoms with Crippen molar-refractivity contribution in [2.75, 3.05) is 13.7 Å². The first kappa shape index (κ1) is 29.2. The second kappa shape index (κ2) is 11.0. The third-order valence-corrected chi connectivity index (χ3v) is 10.9. The van der Waals surface area contributed by atoms with Gasteiger partial charge in [0.25, 0.3) is 0 Å². The van der Waals surface area contributed by atoms with Gasteiger partial charge in [-0.1, -0.05) is 57.2 Å². The van der Waals surface area contributed by atoms with E-state index in [4.69, 9.17) is 9.57 Å². The van der Waals surface area contributed by atoms with Crippen LogP contribution in [0, 0.1) is 29.1 Å². The largest absolute Gasteiger partial charge is 0.496 e. The number of methoxy groups -OCH3 is 1. The molecule has 3 N–H and O–H groups in total. The SMILES string of the molecule is COc1c(CN2O[C@@H](CO)[C@H]([C@H](C)O)[C@H]2C(=O)N[C@H]2C[C@H]3C[C@@H]([C@@H]2C)C3(C)C)cccc1-c1cccc2ccn(C)c12. The molecule has 3 aliphatic carbocycles. The molecule has 3 saturated carbocycles. The van der Waals surface area contributed by atoms with E-state index in [1.54, 1.807) is 19.1 Å². The molecule has 8 heteroatoms. The number of hydroxylamine groups is 2. The average Bonchev–Trinajstić information content (AvgIpc) is 3.54. The second-order valence-electron chi connectivity index (χ2n) is 13.4. The van der Waals surface area contributed by atoms with Gasteiger partial charge in [-0.2, -0.15) is 5.06 Å². The maximum absolute atomic E-state index is 14.1. The molecule has 42 heavy (non-hydrogen) atoms. The molecule has 8 atom stereocenters. The quantitative estimate of drug-likeness (QED) is 0.366. The van der Waals surface area contributed by atoms with Crippen LogP contribution in [-0.2, 0) is 23.2 Å². The Kier molecular flexibility index (Phi) is 7.63. The maximum Gasteiger partial charge on any atom is 0.240 e. The summed E-state index contributed by atoms with van der Waals surface area (Å²) in [5.74, 6) is 1.55. The van der Waals surface area contributed by atoms with Gasteiger partial charge in [-0.05, 0) is 49.0 Å². The van der Waals surface area contributed by atoms with Crippen LogP contribution in [0.25, 0.3) is 22.0 Å². The number of amides is 1. The number of aromatic nitrogens is 1. The number of carbonyl (C=O) groups is 1. The number of aliphatic hydroxyl groups is 2. The normalized spacial score (nSPS) is 31.1. The van der Waals surface area contributed by atoms with Gasteiger partial charge in [0, 0.05) is 47.3 Å². The van der Waals surface area contributed by atoms with Gasteiger partial charge in [-0.15, -0.1) is 0 Å². The molecule has 226 valence electrons. The fourth-order valence-electron chi connectivity index (χ4n) is 8.39. The Bertz CT molecular complexity index is 1460. The standard InChI is InChI=1S/C34H45N3O5/c1-19-26-15-23(34(26,3)4)16-27(19)35-33(40)31-29(20(2)39)28(18-38)42-37(31)17-22-10-8-12-25(32(22)41-6)24-11-7-9-21-13-14-36(5)30(21)24/h7-14,19-20,23,26-29,31,38-39H,15-18H2,1-6H3,(H,35,40)/t19-,20-,23+,26-,27-,28-,29-,31-/m0/s1.